The molecule has 0 saturated carbocycles. The van der Waals surface area contributed by atoms with Gasteiger partial charge in [0, 0.05) is 20.3 Å². The Balaban J connectivity index is 2.07. The van der Waals surface area contributed by atoms with Gasteiger partial charge in [0.25, 0.3) is 0 Å². The number of aromatic nitrogens is 3. The van der Waals surface area contributed by atoms with Crippen molar-refractivity contribution < 1.29 is 9.47 Å². The number of aryl methyl sites for hydroxylation is 1. The van der Waals surface area contributed by atoms with Crippen LogP contribution in [0.5, 0.6) is 0 Å². The zero-order chi connectivity index (χ0) is 11.6. The number of hydrogen-bond acceptors (Lipinski definition) is 5. The summed E-state index contributed by atoms with van der Waals surface area (Å²) in [7, 11) is 3.55. The van der Waals surface area contributed by atoms with Crippen molar-refractivity contribution in [2.75, 3.05) is 34.0 Å². The summed E-state index contributed by atoms with van der Waals surface area (Å²) in [5.41, 5.74) is 0. The van der Waals surface area contributed by atoms with E-state index in [1.54, 1.807) is 13.4 Å². The fourth-order valence-electron chi connectivity index (χ4n) is 1.25. The molecule has 0 atom stereocenters. The highest BCUT2D eigenvalue weighted by Crippen LogP contribution is 1.92. The second-order valence-corrected chi connectivity index (χ2v) is 3.41. The smallest absolute Gasteiger partial charge is 0.164 e. The summed E-state index contributed by atoms with van der Waals surface area (Å²) in [6, 6.07) is 0. The predicted octanol–water partition coefficient (Wildman–Crippen LogP) is 0.0506. The molecule has 0 amide bonds. The number of nitrogens with one attached hydrogen (secondary N) is 1. The van der Waals surface area contributed by atoms with Gasteiger partial charge < -0.3 is 14.8 Å². The summed E-state index contributed by atoms with van der Waals surface area (Å²) in [6.45, 7) is 3.57. The van der Waals surface area contributed by atoms with Gasteiger partial charge in [-0.1, -0.05) is 0 Å². The highest BCUT2D eigenvalue weighted by atomic mass is 16.5. The number of rotatable bonds is 9. The molecule has 0 fully saturated rings. The molecule has 0 aliphatic carbocycles. The summed E-state index contributed by atoms with van der Waals surface area (Å²) < 4.78 is 12.1. The van der Waals surface area contributed by atoms with Crippen molar-refractivity contribution >= 4 is 0 Å². The van der Waals surface area contributed by atoms with Crippen molar-refractivity contribution in [1.29, 1.82) is 0 Å². The summed E-state index contributed by atoms with van der Waals surface area (Å²) >= 11 is 0. The number of ether oxygens (including phenoxy) is 2. The van der Waals surface area contributed by atoms with Gasteiger partial charge in [0.1, 0.15) is 6.33 Å². The Morgan fingerprint density at radius 1 is 1.38 bits per heavy atom. The maximum absolute atomic E-state index is 5.35. The zero-order valence-corrected chi connectivity index (χ0v) is 9.98. The Labute approximate surface area is 96.0 Å². The van der Waals surface area contributed by atoms with E-state index in [2.05, 4.69) is 15.4 Å². The van der Waals surface area contributed by atoms with Gasteiger partial charge in [-0.25, -0.2) is 4.98 Å². The molecule has 6 heteroatoms. The maximum Gasteiger partial charge on any atom is 0.164 e. The van der Waals surface area contributed by atoms with E-state index in [1.807, 2.05) is 11.7 Å². The van der Waals surface area contributed by atoms with Crippen LogP contribution in [0.15, 0.2) is 6.33 Å². The van der Waals surface area contributed by atoms with Crippen molar-refractivity contribution in [3.05, 3.63) is 12.2 Å². The van der Waals surface area contributed by atoms with Crippen LogP contribution in [0.25, 0.3) is 0 Å². The van der Waals surface area contributed by atoms with Crippen LogP contribution in [0.2, 0.25) is 0 Å². The Morgan fingerprint density at radius 2 is 2.25 bits per heavy atom. The lowest BCUT2D eigenvalue weighted by Crippen LogP contribution is -2.09. The van der Waals surface area contributed by atoms with Crippen LogP contribution < -0.4 is 5.32 Å². The van der Waals surface area contributed by atoms with Crippen LogP contribution in [0.1, 0.15) is 12.2 Å². The molecule has 1 heterocycles. The first-order valence-corrected chi connectivity index (χ1v) is 5.46. The highest BCUT2D eigenvalue weighted by Gasteiger charge is 1.98. The molecule has 0 radical (unpaired) electrons. The minimum absolute atomic E-state index is 0.648. The first-order valence-electron chi connectivity index (χ1n) is 5.46. The third-order valence-corrected chi connectivity index (χ3v) is 2.03. The fourth-order valence-corrected chi connectivity index (χ4v) is 1.25. The van der Waals surface area contributed by atoms with Gasteiger partial charge >= 0.3 is 0 Å². The van der Waals surface area contributed by atoms with E-state index in [9.17, 15) is 0 Å². The van der Waals surface area contributed by atoms with Gasteiger partial charge in [0.2, 0.25) is 0 Å². The van der Waals surface area contributed by atoms with Crippen LogP contribution in [0.3, 0.4) is 0 Å². The summed E-state index contributed by atoms with van der Waals surface area (Å²) in [5, 5.41) is 7.31. The fraction of sp³-hybridized carbons (Fsp3) is 0.800. The van der Waals surface area contributed by atoms with Crippen molar-refractivity contribution in [2.45, 2.75) is 19.5 Å². The Morgan fingerprint density at radius 3 is 3.00 bits per heavy atom. The van der Waals surface area contributed by atoms with Gasteiger partial charge in [0.05, 0.1) is 19.8 Å². The van der Waals surface area contributed by atoms with Crippen LogP contribution in [-0.2, 0) is 22.6 Å². The average molecular weight is 228 g/mol. The molecule has 16 heavy (non-hydrogen) atoms. The molecule has 0 aliphatic rings. The summed E-state index contributed by atoms with van der Waals surface area (Å²) in [5.74, 6) is 0.822. The molecule has 1 N–H and O–H groups in total. The number of methoxy groups -OCH3 is 1. The topological polar surface area (TPSA) is 61.2 Å². The average Bonchev–Trinajstić information content (AvgIpc) is 2.72. The number of nitrogens with zero attached hydrogens (tertiary/aromatic N) is 3. The quantitative estimate of drug-likeness (QED) is 0.605. The third-order valence-electron chi connectivity index (χ3n) is 2.03. The number of hydrogen-bond donors (Lipinski definition) is 1. The Bertz CT molecular complexity index is 278. The molecular formula is C10H20N4O2. The lowest BCUT2D eigenvalue weighted by molar-refractivity contribution is 0.0677. The van der Waals surface area contributed by atoms with Gasteiger partial charge in [0.15, 0.2) is 5.82 Å². The molecule has 1 aromatic heterocycles. The molecule has 0 saturated heterocycles. The van der Waals surface area contributed by atoms with Gasteiger partial charge in [-0.2, -0.15) is 5.10 Å². The van der Waals surface area contributed by atoms with Crippen molar-refractivity contribution in [3.63, 3.8) is 0 Å². The van der Waals surface area contributed by atoms with Crippen LogP contribution in [0, 0.1) is 0 Å². The van der Waals surface area contributed by atoms with E-state index in [0.717, 1.165) is 25.4 Å². The van der Waals surface area contributed by atoms with E-state index in [1.165, 1.54) is 0 Å². The molecule has 1 aromatic rings. The van der Waals surface area contributed by atoms with E-state index < -0.39 is 0 Å². The predicted molar refractivity (Wildman–Crippen MR) is 60.1 cm³/mol. The lowest BCUT2D eigenvalue weighted by atomic mass is 10.4. The Kier molecular flexibility index (Phi) is 6.71. The standard InChI is InChI=1S/C10H20N4O2/c1-11-8-10-12-9-14(13-10)4-3-5-16-7-6-15-2/h9,11H,3-8H2,1-2H3. The minimum atomic E-state index is 0.648. The molecule has 0 unspecified atom stereocenters. The first-order chi connectivity index (χ1) is 7.86. The first kappa shape index (κ1) is 13.1. The molecular weight excluding hydrogens is 208 g/mol. The molecule has 1 rings (SSSR count). The molecule has 0 aliphatic heterocycles. The van der Waals surface area contributed by atoms with E-state index in [-0.39, 0.29) is 0 Å². The Hall–Kier alpha value is -0.980. The summed E-state index contributed by atoms with van der Waals surface area (Å²) in [4.78, 5) is 4.16. The minimum Gasteiger partial charge on any atom is -0.382 e. The molecule has 0 aromatic carbocycles. The lowest BCUT2D eigenvalue weighted by Gasteiger charge is -2.03. The zero-order valence-electron chi connectivity index (χ0n) is 9.98. The maximum atomic E-state index is 5.35. The summed E-state index contributed by atoms with van der Waals surface area (Å²) in [6.07, 6.45) is 2.69. The van der Waals surface area contributed by atoms with Gasteiger partial charge in [-0.05, 0) is 13.5 Å². The monoisotopic (exact) mass is 228 g/mol. The van der Waals surface area contributed by atoms with Crippen LogP contribution in [-0.4, -0.2) is 48.7 Å². The van der Waals surface area contributed by atoms with Crippen molar-refractivity contribution in [3.8, 4) is 0 Å². The SMILES string of the molecule is CNCc1ncn(CCCOCCOC)n1. The van der Waals surface area contributed by atoms with E-state index in [4.69, 9.17) is 9.47 Å². The van der Waals surface area contributed by atoms with E-state index in [0.29, 0.717) is 19.8 Å². The molecule has 6 nitrogen and oxygen atoms in total. The molecule has 92 valence electrons. The van der Waals surface area contributed by atoms with Gasteiger partial charge in [-0.3, -0.25) is 4.68 Å². The second kappa shape index (κ2) is 8.20. The molecule has 0 bridgehead atoms. The largest absolute Gasteiger partial charge is 0.382 e. The van der Waals surface area contributed by atoms with Crippen LogP contribution >= 0.6 is 0 Å². The highest BCUT2D eigenvalue weighted by molar-refractivity contribution is 4.79. The second-order valence-electron chi connectivity index (χ2n) is 3.41. The van der Waals surface area contributed by atoms with Crippen molar-refractivity contribution in [1.82, 2.24) is 20.1 Å². The van der Waals surface area contributed by atoms with E-state index >= 15 is 0 Å². The van der Waals surface area contributed by atoms with Crippen LogP contribution in [0.4, 0.5) is 0 Å². The molecule has 0 spiro atoms. The van der Waals surface area contributed by atoms with Gasteiger partial charge in [-0.15, -0.1) is 0 Å². The van der Waals surface area contributed by atoms with Crippen molar-refractivity contribution in [2.24, 2.45) is 0 Å². The normalized spacial score (nSPS) is 10.9. The third kappa shape index (κ3) is 5.20.